The van der Waals surface area contributed by atoms with Crippen LogP contribution >= 0.6 is 0 Å². The molecule has 1 unspecified atom stereocenters. The van der Waals surface area contributed by atoms with Gasteiger partial charge in [-0.15, -0.1) is 0 Å². The number of hydrogen-bond acceptors (Lipinski definition) is 2. The van der Waals surface area contributed by atoms with Crippen LogP contribution in [0.25, 0.3) is 10.4 Å². The van der Waals surface area contributed by atoms with Gasteiger partial charge in [0.05, 0.1) is 5.92 Å². The van der Waals surface area contributed by atoms with Crippen molar-refractivity contribution in [2.75, 3.05) is 0 Å². The molecule has 0 heterocycles. The highest BCUT2D eigenvalue weighted by molar-refractivity contribution is 5.76. The molecular weight excluding hydrogens is 262 g/mol. The molecule has 0 fully saturated rings. The highest BCUT2D eigenvalue weighted by Crippen LogP contribution is 2.32. The van der Waals surface area contributed by atoms with E-state index in [4.69, 9.17) is 11.3 Å². The third-order valence-electron chi connectivity index (χ3n) is 3.54. The molecule has 0 saturated heterocycles. The maximum absolute atomic E-state index is 12.1. The quantitative estimate of drug-likeness (QED) is 0.730. The Labute approximate surface area is 126 Å². The van der Waals surface area contributed by atoms with Crippen molar-refractivity contribution in [2.24, 2.45) is 5.92 Å². The molecule has 3 heteroatoms. The summed E-state index contributed by atoms with van der Waals surface area (Å²) in [5, 5.41) is 0. The van der Waals surface area contributed by atoms with Crippen molar-refractivity contribution in [3.63, 3.8) is 0 Å². The summed E-state index contributed by atoms with van der Waals surface area (Å²) in [5.74, 6) is -0.110. The zero-order chi connectivity index (χ0) is 15.5. The Bertz CT molecular complexity index is 585. The Hall–Kier alpha value is -2.08. The third kappa shape index (κ3) is 4.19. The normalized spacial score (nSPS) is 18.6. The number of allylic oxidation sites excluding steroid dienone is 2. The van der Waals surface area contributed by atoms with Gasteiger partial charge in [-0.3, -0.25) is 4.79 Å². The lowest BCUT2D eigenvalue weighted by molar-refractivity contribution is -0.160. The van der Waals surface area contributed by atoms with Gasteiger partial charge in [-0.25, -0.2) is 0 Å². The minimum absolute atomic E-state index is 0.0220. The number of hydrogen-bond donors (Lipinski definition) is 0. The van der Waals surface area contributed by atoms with E-state index < -0.39 is 5.60 Å². The predicted octanol–water partition coefficient (Wildman–Crippen LogP) is 4.81. The zero-order valence-electron chi connectivity index (χ0n) is 12.9. The van der Waals surface area contributed by atoms with Gasteiger partial charge in [-0.2, -0.15) is 0 Å². The number of benzene rings is 1. The molecule has 0 spiro atoms. The van der Waals surface area contributed by atoms with Crippen LogP contribution in [-0.4, -0.2) is 11.6 Å². The van der Waals surface area contributed by atoms with Gasteiger partial charge in [0.15, 0.2) is 0 Å². The minimum atomic E-state index is -0.414. The zero-order valence-corrected chi connectivity index (χ0v) is 12.9. The van der Waals surface area contributed by atoms with E-state index in [9.17, 15) is 4.79 Å². The topological polar surface area (TPSA) is 30.7 Å². The predicted molar refractivity (Wildman–Crippen MR) is 85.6 cm³/mol. The van der Waals surface area contributed by atoms with Crippen LogP contribution in [0.15, 0.2) is 30.3 Å². The second kappa shape index (κ2) is 6.13. The van der Waals surface area contributed by atoms with Crippen LogP contribution in [0.4, 0.5) is 5.69 Å². The Balaban J connectivity index is 2.01. The van der Waals surface area contributed by atoms with Crippen LogP contribution in [0.3, 0.4) is 0 Å². The van der Waals surface area contributed by atoms with E-state index in [2.05, 4.69) is 10.9 Å². The van der Waals surface area contributed by atoms with Crippen molar-refractivity contribution in [3.8, 4) is 6.57 Å². The maximum Gasteiger partial charge on any atom is 0.339 e. The summed E-state index contributed by atoms with van der Waals surface area (Å²) in [6.45, 7) is 10.9. The van der Waals surface area contributed by atoms with Crippen LogP contribution in [0.5, 0.6) is 0 Å². The number of ether oxygens (including phenoxy) is 1. The van der Waals surface area contributed by atoms with Gasteiger partial charge in [-0.05, 0) is 68.1 Å². The number of nitrogens with zero attached hydrogens (tertiary/aromatic N) is 1. The lowest BCUT2D eigenvalue weighted by Gasteiger charge is -2.26. The number of rotatable bonds is 2. The van der Waals surface area contributed by atoms with E-state index in [0.29, 0.717) is 0 Å². The van der Waals surface area contributed by atoms with E-state index in [-0.39, 0.29) is 11.9 Å². The summed E-state index contributed by atoms with van der Waals surface area (Å²) in [4.78, 5) is 15.7. The fraction of sp³-hybridized carbons (Fsp3) is 0.444. The van der Waals surface area contributed by atoms with E-state index in [1.54, 1.807) is 0 Å². The van der Waals surface area contributed by atoms with Crippen LogP contribution in [0, 0.1) is 12.5 Å². The monoisotopic (exact) mass is 284 g/mol. The second-order valence-electron chi connectivity index (χ2n) is 6.41. The van der Waals surface area contributed by atoms with E-state index in [1.807, 2.05) is 45.0 Å². The summed E-state index contributed by atoms with van der Waals surface area (Å²) in [6, 6.07) is 7.84. The van der Waals surface area contributed by atoms with E-state index in [1.165, 1.54) is 11.1 Å². The average molecular weight is 284 g/mol. The van der Waals surface area contributed by atoms with Gasteiger partial charge >= 0.3 is 11.7 Å². The number of carbonyl (C=O) groups excluding carboxylic acids is 1. The van der Waals surface area contributed by atoms with Gasteiger partial charge in [-0.1, -0.05) is 6.08 Å². The third-order valence-corrected chi connectivity index (χ3v) is 3.54. The molecule has 1 aromatic carbocycles. The highest BCUT2D eigenvalue weighted by Gasteiger charge is 2.27. The molecule has 110 valence electrons. The molecule has 1 aliphatic rings. The second-order valence-corrected chi connectivity index (χ2v) is 6.41. The van der Waals surface area contributed by atoms with E-state index >= 15 is 0 Å². The Morgan fingerprint density at radius 1 is 1.29 bits per heavy atom. The van der Waals surface area contributed by atoms with Crippen LogP contribution in [0.1, 0.15) is 45.6 Å². The molecule has 0 radical (unpaired) electrons. The molecule has 21 heavy (non-hydrogen) atoms. The average Bonchev–Trinajstić information content (AvgIpc) is 2.46. The Morgan fingerprint density at radius 3 is 2.43 bits per heavy atom. The van der Waals surface area contributed by atoms with Gasteiger partial charge in [0.2, 0.25) is 0 Å². The van der Waals surface area contributed by atoms with Crippen LogP contribution in [0.2, 0.25) is 0 Å². The molecule has 0 aliphatic heterocycles. The molecule has 0 amide bonds. The van der Waals surface area contributed by atoms with Gasteiger partial charge in [0, 0.05) is 12.1 Å². The minimum Gasteiger partial charge on any atom is -0.460 e. The fourth-order valence-electron chi connectivity index (χ4n) is 2.46. The SMILES string of the molecule is C#[N+]c1ccc(C2=CCC(C(=O)OC(C)(C)C)CC2)cc1. The van der Waals surface area contributed by atoms with Crippen molar-refractivity contribution >= 4 is 17.2 Å². The Morgan fingerprint density at radius 2 is 1.95 bits per heavy atom. The lowest BCUT2D eigenvalue weighted by atomic mass is 9.86. The maximum atomic E-state index is 12.1. The fourth-order valence-corrected chi connectivity index (χ4v) is 2.46. The molecule has 0 N–H and O–H groups in total. The summed E-state index contributed by atoms with van der Waals surface area (Å²) < 4.78 is 5.45. The first-order valence-electron chi connectivity index (χ1n) is 7.32. The van der Waals surface area contributed by atoms with Crippen molar-refractivity contribution in [1.29, 1.82) is 0 Å². The van der Waals surface area contributed by atoms with Crippen LogP contribution in [-0.2, 0) is 9.53 Å². The van der Waals surface area contributed by atoms with Gasteiger partial charge < -0.3 is 4.74 Å². The summed E-state index contributed by atoms with van der Waals surface area (Å²) in [6.07, 6.45) is 4.62. The molecule has 0 bridgehead atoms. The first-order chi connectivity index (χ1) is 9.89. The number of esters is 1. The molecule has 1 atom stereocenters. The standard InChI is InChI=1S/C18H22NO2/c1-18(2,3)21-17(20)15-7-5-13(6-8-15)14-9-11-16(19-4)12-10-14/h4-5,9-12,15H,6-8H2,1-3H3/q+1. The molecule has 3 nitrogen and oxygen atoms in total. The molecule has 0 saturated carbocycles. The summed E-state index contributed by atoms with van der Waals surface area (Å²) in [5.41, 5.74) is 2.80. The molecule has 0 aromatic heterocycles. The molecule has 2 rings (SSSR count). The largest absolute Gasteiger partial charge is 0.460 e. The van der Waals surface area contributed by atoms with Crippen molar-refractivity contribution < 1.29 is 9.53 Å². The van der Waals surface area contributed by atoms with Crippen molar-refractivity contribution in [2.45, 2.75) is 45.6 Å². The summed E-state index contributed by atoms with van der Waals surface area (Å²) in [7, 11) is 0. The first-order valence-corrected chi connectivity index (χ1v) is 7.32. The molecular formula is C18H22NO2+. The molecule has 1 aliphatic carbocycles. The van der Waals surface area contributed by atoms with Crippen molar-refractivity contribution in [1.82, 2.24) is 0 Å². The van der Waals surface area contributed by atoms with Gasteiger partial charge in [0.25, 0.3) is 6.57 Å². The number of carbonyl (C=O) groups is 1. The lowest BCUT2D eigenvalue weighted by Crippen LogP contribution is -2.29. The smallest absolute Gasteiger partial charge is 0.339 e. The Kier molecular flexibility index (Phi) is 4.47. The highest BCUT2D eigenvalue weighted by atomic mass is 16.6. The first kappa shape index (κ1) is 15.3. The molecule has 1 aromatic rings. The van der Waals surface area contributed by atoms with Gasteiger partial charge in [0.1, 0.15) is 5.60 Å². The van der Waals surface area contributed by atoms with Crippen LogP contribution < -0.4 is 0 Å². The van der Waals surface area contributed by atoms with Crippen molar-refractivity contribution in [3.05, 3.63) is 40.7 Å². The van der Waals surface area contributed by atoms with E-state index in [0.717, 1.165) is 24.9 Å². The summed E-state index contributed by atoms with van der Waals surface area (Å²) >= 11 is 0.